The van der Waals surface area contributed by atoms with Crippen molar-refractivity contribution >= 4 is 5.82 Å². The van der Waals surface area contributed by atoms with Crippen LogP contribution in [-0.2, 0) is 0 Å². The highest BCUT2D eigenvalue weighted by molar-refractivity contribution is 5.47. The van der Waals surface area contributed by atoms with Crippen molar-refractivity contribution in [2.45, 2.75) is 33.3 Å². The largest absolute Gasteiger partial charge is 0.389 e. The lowest BCUT2D eigenvalue weighted by atomic mass is 10.1. The predicted molar refractivity (Wildman–Crippen MR) is 67.6 cm³/mol. The average Bonchev–Trinajstić information content (AvgIpc) is 2.28. The lowest BCUT2D eigenvalue weighted by Gasteiger charge is -2.24. The third-order valence-electron chi connectivity index (χ3n) is 2.91. The standard InChI is InChI=1S/C13H22N2O/c1-5-10(2)9-15(4)13-12(11(3)16)7-6-8-14-13/h6-8,10-11,16H,5,9H2,1-4H3/t10?,11-/m1/s1. The number of aromatic nitrogens is 1. The van der Waals surface area contributed by atoms with E-state index < -0.39 is 6.10 Å². The number of hydrogen-bond donors (Lipinski definition) is 1. The van der Waals surface area contributed by atoms with Gasteiger partial charge in [-0.3, -0.25) is 0 Å². The summed E-state index contributed by atoms with van der Waals surface area (Å²) < 4.78 is 0. The van der Waals surface area contributed by atoms with Crippen LogP contribution in [-0.4, -0.2) is 23.7 Å². The van der Waals surface area contributed by atoms with Crippen LogP contribution < -0.4 is 4.90 Å². The molecular weight excluding hydrogens is 200 g/mol. The molecule has 1 N–H and O–H groups in total. The van der Waals surface area contributed by atoms with Gasteiger partial charge in [0.2, 0.25) is 0 Å². The number of aliphatic hydroxyl groups is 1. The summed E-state index contributed by atoms with van der Waals surface area (Å²) in [7, 11) is 2.03. The summed E-state index contributed by atoms with van der Waals surface area (Å²) in [6.07, 6.45) is 2.46. The van der Waals surface area contributed by atoms with Crippen LogP contribution in [0.4, 0.5) is 5.82 Å². The molecule has 2 atom stereocenters. The first-order chi connectivity index (χ1) is 7.56. The number of anilines is 1. The summed E-state index contributed by atoms with van der Waals surface area (Å²) >= 11 is 0. The summed E-state index contributed by atoms with van der Waals surface area (Å²) in [6, 6.07) is 3.79. The van der Waals surface area contributed by atoms with Gasteiger partial charge < -0.3 is 10.0 Å². The maximum absolute atomic E-state index is 9.68. The van der Waals surface area contributed by atoms with Crippen molar-refractivity contribution in [2.24, 2.45) is 5.92 Å². The van der Waals surface area contributed by atoms with Crippen LogP contribution in [0.25, 0.3) is 0 Å². The van der Waals surface area contributed by atoms with Crippen LogP contribution in [0.3, 0.4) is 0 Å². The molecule has 1 rings (SSSR count). The van der Waals surface area contributed by atoms with E-state index >= 15 is 0 Å². The van der Waals surface area contributed by atoms with Gasteiger partial charge in [0.1, 0.15) is 5.82 Å². The zero-order chi connectivity index (χ0) is 12.1. The Hall–Kier alpha value is -1.09. The Balaban J connectivity index is 2.85. The first-order valence-electron chi connectivity index (χ1n) is 5.90. The van der Waals surface area contributed by atoms with Crippen LogP contribution in [0.2, 0.25) is 0 Å². The van der Waals surface area contributed by atoms with Gasteiger partial charge in [0.05, 0.1) is 6.10 Å². The molecule has 1 heterocycles. The minimum Gasteiger partial charge on any atom is -0.389 e. The normalized spacial score (nSPS) is 14.6. The molecule has 0 spiro atoms. The Morgan fingerprint density at radius 2 is 2.12 bits per heavy atom. The molecule has 1 aromatic heterocycles. The first kappa shape index (κ1) is 13.0. The Kier molecular flexibility index (Phi) is 4.74. The van der Waals surface area contributed by atoms with Crippen LogP contribution >= 0.6 is 0 Å². The molecule has 0 amide bonds. The Labute approximate surface area is 98.1 Å². The molecule has 1 unspecified atom stereocenters. The van der Waals surface area contributed by atoms with Gasteiger partial charge >= 0.3 is 0 Å². The fraction of sp³-hybridized carbons (Fsp3) is 0.615. The molecule has 0 fully saturated rings. The van der Waals surface area contributed by atoms with E-state index in [1.807, 2.05) is 19.2 Å². The smallest absolute Gasteiger partial charge is 0.134 e. The van der Waals surface area contributed by atoms with E-state index in [-0.39, 0.29) is 0 Å². The van der Waals surface area contributed by atoms with Gasteiger partial charge in [0.15, 0.2) is 0 Å². The summed E-state index contributed by atoms with van der Waals surface area (Å²) in [4.78, 5) is 6.47. The van der Waals surface area contributed by atoms with Crippen molar-refractivity contribution in [3.05, 3.63) is 23.9 Å². The molecule has 0 aliphatic heterocycles. The highest BCUT2D eigenvalue weighted by Crippen LogP contribution is 2.23. The number of pyridine rings is 1. The van der Waals surface area contributed by atoms with Crippen molar-refractivity contribution in [3.63, 3.8) is 0 Å². The zero-order valence-corrected chi connectivity index (χ0v) is 10.6. The third kappa shape index (κ3) is 3.20. The minimum atomic E-state index is -0.469. The SMILES string of the molecule is CCC(C)CN(C)c1ncccc1[C@@H](C)O. The van der Waals surface area contributed by atoms with Gasteiger partial charge in [-0.2, -0.15) is 0 Å². The monoisotopic (exact) mass is 222 g/mol. The maximum Gasteiger partial charge on any atom is 0.134 e. The lowest BCUT2D eigenvalue weighted by Crippen LogP contribution is -2.25. The van der Waals surface area contributed by atoms with Gasteiger partial charge in [-0.15, -0.1) is 0 Å². The molecule has 0 aliphatic carbocycles. The van der Waals surface area contributed by atoms with E-state index in [4.69, 9.17) is 0 Å². The van der Waals surface area contributed by atoms with Crippen molar-refractivity contribution < 1.29 is 5.11 Å². The number of hydrogen-bond acceptors (Lipinski definition) is 3. The van der Waals surface area contributed by atoms with Crippen LogP contribution in [0.1, 0.15) is 38.9 Å². The highest BCUT2D eigenvalue weighted by Gasteiger charge is 2.13. The highest BCUT2D eigenvalue weighted by atomic mass is 16.3. The van der Waals surface area contributed by atoms with E-state index in [9.17, 15) is 5.11 Å². The fourth-order valence-corrected chi connectivity index (χ4v) is 1.74. The molecule has 3 nitrogen and oxygen atoms in total. The maximum atomic E-state index is 9.68. The molecule has 1 aromatic rings. The summed E-state index contributed by atoms with van der Waals surface area (Å²) in [5.41, 5.74) is 0.897. The number of rotatable bonds is 5. The molecule has 16 heavy (non-hydrogen) atoms. The molecule has 0 bridgehead atoms. The Bertz CT molecular complexity index is 325. The van der Waals surface area contributed by atoms with Gasteiger partial charge in [-0.25, -0.2) is 4.98 Å². The van der Waals surface area contributed by atoms with E-state index in [1.54, 1.807) is 13.1 Å². The molecule has 0 aromatic carbocycles. The van der Waals surface area contributed by atoms with Crippen molar-refractivity contribution in [3.8, 4) is 0 Å². The van der Waals surface area contributed by atoms with Crippen LogP contribution in [0.5, 0.6) is 0 Å². The zero-order valence-electron chi connectivity index (χ0n) is 10.6. The topological polar surface area (TPSA) is 36.4 Å². The second-order valence-corrected chi connectivity index (χ2v) is 4.49. The van der Waals surface area contributed by atoms with Crippen molar-refractivity contribution in [1.29, 1.82) is 0 Å². The summed E-state index contributed by atoms with van der Waals surface area (Å²) in [5, 5.41) is 9.68. The Morgan fingerprint density at radius 3 is 2.69 bits per heavy atom. The Morgan fingerprint density at radius 1 is 1.44 bits per heavy atom. The van der Waals surface area contributed by atoms with Gasteiger partial charge in [0.25, 0.3) is 0 Å². The molecule has 3 heteroatoms. The average molecular weight is 222 g/mol. The van der Waals surface area contributed by atoms with Crippen LogP contribution in [0.15, 0.2) is 18.3 Å². The molecule has 0 aliphatic rings. The van der Waals surface area contributed by atoms with Gasteiger partial charge in [-0.05, 0) is 18.9 Å². The lowest BCUT2D eigenvalue weighted by molar-refractivity contribution is 0.199. The molecule has 0 saturated heterocycles. The summed E-state index contributed by atoms with van der Waals surface area (Å²) in [6.45, 7) is 7.15. The first-order valence-corrected chi connectivity index (χ1v) is 5.90. The second-order valence-electron chi connectivity index (χ2n) is 4.49. The molecule has 0 radical (unpaired) electrons. The molecule has 90 valence electrons. The van der Waals surface area contributed by atoms with E-state index in [0.717, 1.165) is 24.3 Å². The van der Waals surface area contributed by atoms with Gasteiger partial charge in [-0.1, -0.05) is 26.3 Å². The quantitative estimate of drug-likeness (QED) is 0.832. The fourth-order valence-electron chi connectivity index (χ4n) is 1.74. The van der Waals surface area contributed by atoms with E-state index in [2.05, 4.69) is 23.7 Å². The molecule has 0 saturated carbocycles. The van der Waals surface area contributed by atoms with Crippen molar-refractivity contribution in [2.75, 3.05) is 18.5 Å². The van der Waals surface area contributed by atoms with Crippen molar-refractivity contribution in [1.82, 2.24) is 4.98 Å². The molecular formula is C13H22N2O. The predicted octanol–water partition coefficient (Wildman–Crippen LogP) is 2.62. The minimum absolute atomic E-state index is 0.469. The third-order valence-corrected chi connectivity index (χ3v) is 2.91. The number of aliphatic hydroxyl groups excluding tert-OH is 1. The van der Waals surface area contributed by atoms with Gasteiger partial charge in [0, 0.05) is 25.4 Å². The van der Waals surface area contributed by atoms with E-state index in [0.29, 0.717) is 5.92 Å². The second kappa shape index (κ2) is 5.85. The summed E-state index contributed by atoms with van der Waals surface area (Å²) in [5.74, 6) is 1.52. The van der Waals surface area contributed by atoms with Crippen LogP contribution in [0, 0.1) is 5.92 Å². The van der Waals surface area contributed by atoms with E-state index in [1.165, 1.54) is 0 Å². The number of nitrogens with zero attached hydrogens (tertiary/aromatic N) is 2.